The monoisotopic (exact) mass is 467 g/mol. The summed E-state index contributed by atoms with van der Waals surface area (Å²) < 4.78 is 31.3. The molecule has 0 saturated carbocycles. The lowest BCUT2D eigenvalue weighted by molar-refractivity contribution is 0.434. The van der Waals surface area contributed by atoms with Crippen LogP contribution in [0.25, 0.3) is 34.0 Å². The number of nitrogens with two attached hydrogens (primary N) is 1. The molecule has 5 rings (SSSR count). The summed E-state index contributed by atoms with van der Waals surface area (Å²) in [5.74, 6) is 0.646. The summed E-state index contributed by atoms with van der Waals surface area (Å²) in [5, 5.41) is 10.8. The van der Waals surface area contributed by atoms with Gasteiger partial charge in [0.15, 0.2) is 27.1 Å². The van der Waals surface area contributed by atoms with E-state index in [9.17, 15) is 8.42 Å². The van der Waals surface area contributed by atoms with Gasteiger partial charge in [0.2, 0.25) is 0 Å². The molecule has 1 unspecified atom stereocenters. The third-order valence-corrected chi connectivity index (χ3v) is 8.42. The number of nitrogens with zero attached hydrogens (tertiary/aromatic N) is 3. The summed E-state index contributed by atoms with van der Waals surface area (Å²) in [5.41, 5.74) is 9.38. The van der Waals surface area contributed by atoms with E-state index in [-0.39, 0.29) is 5.82 Å². The van der Waals surface area contributed by atoms with E-state index < -0.39 is 15.1 Å². The van der Waals surface area contributed by atoms with Crippen LogP contribution >= 0.6 is 11.3 Å². The van der Waals surface area contributed by atoms with Crippen LogP contribution in [0.15, 0.2) is 62.8 Å². The topological polar surface area (TPSA) is 124 Å². The first-order chi connectivity index (χ1) is 15.5. The third-order valence-electron chi connectivity index (χ3n) is 5.53. The summed E-state index contributed by atoms with van der Waals surface area (Å²) in [7, 11) is -3.38. The number of hydrogen-bond acceptors (Lipinski definition) is 9. The summed E-state index contributed by atoms with van der Waals surface area (Å²) in [4.78, 5) is 9.18. The van der Waals surface area contributed by atoms with Gasteiger partial charge in [-0.2, -0.15) is 11.3 Å². The SMILES string of the molecule is Nc1ncc(-c2ccc(S(=O)(=O)C3CCCNC3)cc2)nc1-c1cc(-c2ccsc2)no1. The Hall–Kier alpha value is -3.08. The molecule has 0 bridgehead atoms. The van der Waals surface area contributed by atoms with E-state index in [4.69, 9.17) is 10.3 Å². The lowest BCUT2D eigenvalue weighted by Gasteiger charge is -2.22. The molecule has 1 aliphatic heterocycles. The predicted molar refractivity (Wildman–Crippen MR) is 124 cm³/mol. The smallest absolute Gasteiger partial charge is 0.189 e. The molecule has 164 valence electrons. The second-order valence-electron chi connectivity index (χ2n) is 7.62. The van der Waals surface area contributed by atoms with Crippen molar-refractivity contribution < 1.29 is 12.9 Å². The van der Waals surface area contributed by atoms with Gasteiger partial charge >= 0.3 is 0 Å². The molecule has 0 spiro atoms. The van der Waals surface area contributed by atoms with Crippen molar-refractivity contribution in [3.05, 3.63) is 53.4 Å². The molecule has 1 fully saturated rings. The molecule has 3 aromatic heterocycles. The van der Waals surface area contributed by atoms with E-state index >= 15 is 0 Å². The molecule has 8 nitrogen and oxygen atoms in total. The Morgan fingerprint density at radius 2 is 1.97 bits per heavy atom. The predicted octanol–water partition coefficient (Wildman–Crippen LogP) is 3.64. The van der Waals surface area contributed by atoms with Crippen LogP contribution in [0.1, 0.15) is 12.8 Å². The number of aromatic nitrogens is 3. The second kappa shape index (κ2) is 8.45. The number of thiophene rings is 1. The quantitative estimate of drug-likeness (QED) is 0.456. The first kappa shape index (κ1) is 20.8. The average molecular weight is 468 g/mol. The number of hydrogen-bond donors (Lipinski definition) is 2. The number of piperidine rings is 1. The third kappa shape index (κ3) is 3.92. The Kier molecular flexibility index (Phi) is 5.50. The van der Waals surface area contributed by atoms with E-state index in [2.05, 4.69) is 20.4 Å². The fourth-order valence-electron chi connectivity index (χ4n) is 3.74. The Bertz CT molecular complexity index is 1330. The van der Waals surface area contributed by atoms with E-state index in [1.54, 1.807) is 47.9 Å². The van der Waals surface area contributed by atoms with E-state index in [0.29, 0.717) is 40.7 Å². The molecular weight excluding hydrogens is 446 g/mol. The molecule has 4 heterocycles. The maximum atomic E-state index is 12.9. The van der Waals surface area contributed by atoms with Crippen LogP contribution < -0.4 is 11.1 Å². The van der Waals surface area contributed by atoms with Gasteiger partial charge in [-0.1, -0.05) is 17.3 Å². The van der Waals surface area contributed by atoms with Crippen molar-refractivity contribution in [1.29, 1.82) is 0 Å². The maximum Gasteiger partial charge on any atom is 0.189 e. The van der Waals surface area contributed by atoms with Crippen molar-refractivity contribution in [2.75, 3.05) is 18.8 Å². The van der Waals surface area contributed by atoms with Crippen LogP contribution in [0, 0.1) is 0 Å². The lowest BCUT2D eigenvalue weighted by atomic mass is 10.1. The van der Waals surface area contributed by atoms with Crippen molar-refractivity contribution in [2.45, 2.75) is 23.0 Å². The van der Waals surface area contributed by atoms with Gasteiger partial charge in [-0.05, 0) is 43.0 Å². The van der Waals surface area contributed by atoms with Gasteiger partial charge in [0.05, 0.1) is 22.0 Å². The van der Waals surface area contributed by atoms with Crippen LogP contribution in [0.4, 0.5) is 5.82 Å². The Balaban J connectivity index is 1.43. The molecule has 0 amide bonds. The first-order valence-electron chi connectivity index (χ1n) is 10.2. The molecule has 1 atom stereocenters. The van der Waals surface area contributed by atoms with E-state index in [0.717, 1.165) is 24.1 Å². The number of sulfone groups is 1. The van der Waals surface area contributed by atoms with E-state index in [1.165, 1.54) is 0 Å². The highest BCUT2D eigenvalue weighted by atomic mass is 32.2. The molecule has 32 heavy (non-hydrogen) atoms. The second-order valence-corrected chi connectivity index (χ2v) is 10.6. The van der Waals surface area contributed by atoms with Gasteiger partial charge in [0, 0.05) is 29.1 Å². The average Bonchev–Trinajstić information content (AvgIpc) is 3.52. The van der Waals surface area contributed by atoms with Gasteiger partial charge in [0.25, 0.3) is 0 Å². The molecule has 0 radical (unpaired) electrons. The standard InChI is InChI=1S/C22H21N5O3S2/c23-22-21(20-10-18(27-30-20)15-7-9-31-13-15)26-19(12-25-22)14-3-5-16(6-4-14)32(28,29)17-2-1-8-24-11-17/h3-7,9-10,12-13,17,24H,1-2,8,11H2,(H2,23,25). The molecule has 3 N–H and O–H groups in total. The zero-order chi connectivity index (χ0) is 22.1. The minimum atomic E-state index is -3.38. The van der Waals surface area contributed by atoms with Crippen LogP contribution in [0.3, 0.4) is 0 Å². The van der Waals surface area contributed by atoms with Crippen LogP contribution in [0.2, 0.25) is 0 Å². The highest BCUT2D eigenvalue weighted by Gasteiger charge is 2.28. The van der Waals surface area contributed by atoms with Crippen LogP contribution in [0.5, 0.6) is 0 Å². The zero-order valence-electron chi connectivity index (χ0n) is 17.1. The highest BCUT2D eigenvalue weighted by molar-refractivity contribution is 7.92. The van der Waals surface area contributed by atoms with Gasteiger partial charge in [0.1, 0.15) is 5.69 Å². The van der Waals surface area contributed by atoms with Gasteiger partial charge < -0.3 is 15.6 Å². The molecule has 1 aromatic carbocycles. The fraction of sp³-hybridized carbons (Fsp3) is 0.227. The van der Waals surface area contributed by atoms with Crippen molar-refractivity contribution in [2.24, 2.45) is 0 Å². The Labute approximate surface area is 189 Å². The Morgan fingerprint density at radius 1 is 1.12 bits per heavy atom. The summed E-state index contributed by atoms with van der Waals surface area (Å²) in [6.07, 6.45) is 3.10. The Morgan fingerprint density at radius 3 is 2.69 bits per heavy atom. The van der Waals surface area contributed by atoms with Gasteiger partial charge in [-0.15, -0.1) is 0 Å². The highest BCUT2D eigenvalue weighted by Crippen LogP contribution is 2.31. The van der Waals surface area contributed by atoms with E-state index in [1.807, 2.05) is 16.8 Å². The van der Waals surface area contributed by atoms with Crippen LogP contribution in [-0.2, 0) is 9.84 Å². The molecule has 1 saturated heterocycles. The van der Waals surface area contributed by atoms with Gasteiger partial charge in [-0.3, -0.25) is 0 Å². The molecular formula is C22H21N5O3S2. The fourth-order valence-corrected chi connectivity index (χ4v) is 6.11. The number of benzene rings is 1. The lowest BCUT2D eigenvalue weighted by Crippen LogP contribution is -2.38. The first-order valence-corrected chi connectivity index (χ1v) is 12.7. The normalized spacial score (nSPS) is 16.8. The largest absolute Gasteiger partial charge is 0.382 e. The van der Waals surface area contributed by atoms with Crippen molar-refractivity contribution in [1.82, 2.24) is 20.4 Å². The van der Waals surface area contributed by atoms with Crippen molar-refractivity contribution >= 4 is 27.0 Å². The van der Waals surface area contributed by atoms with Crippen molar-refractivity contribution in [3.8, 4) is 34.0 Å². The van der Waals surface area contributed by atoms with Crippen molar-refractivity contribution in [3.63, 3.8) is 0 Å². The number of anilines is 1. The van der Waals surface area contributed by atoms with Gasteiger partial charge in [-0.25, -0.2) is 18.4 Å². The maximum absolute atomic E-state index is 12.9. The minimum Gasteiger partial charge on any atom is -0.382 e. The molecule has 0 aliphatic carbocycles. The zero-order valence-corrected chi connectivity index (χ0v) is 18.7. The summed E-state index contributed by atoms with van der Waals surface area (Å²) >= 11 is 1.57. The summed E-state index contributed by atoms with van der Waals surface area (Å²) in [6, 6.07) is 10.5. The molecule has 10 heteroatoms. The minimum absolute atomic E-state index is 0.228. The number of nitrogens with one attached hydrogen (secondary N) is 1. The molecule has 1 aliphatic rings. The van der Waals surface area contributed by atoms with Crippen LogP contribution in [-0.4, -0.2) is 41.9 Å². The number of nitrogen functional groups attached to an aromatic ring is 1. The number of rotatable bonds is 5. The molecule has 4 aromatic rings. The summed E-state index contributed by atoms with van der Waals surface area (Å²) in [6.45, 7) is 1.35.